The molecule has 9 heteroatoms. The van der Waals surface area contributed by atoms with Crippen LogP contribution >= 0.6 is 11.6 Å². The molecule has 3 aliphatic rings. The molecule has 2 bridgehead atoms. The van der Waals surface area contributed by atoms with E-state index < -0.39 is 29.1 Å². The number of benzene rings is 1. The number of aliphatic hydroxyl groups is 1. The molecule has 5 atom stereocenters. The highest BCUT2D eigenvalue weighted by Crippen LogP contribution is 2.64. The van der Waals surface area contributed by atoms with Gasteiger partial charge in [0.25, 0.3) is 0 Å². The molecule has 1 spiro atoms. The number of nitrogens with zero attached hydrogens (tertiary/aromatic N) is 1. The van der Waals surface area contributed by atoms with Gasteiger partial charge in [0, 0.05) is 20.2 Å². The predicted octanol–water partition coefficient (Wildman–Crippen LogP) is 1.95. The summed E-state index contributed by atoms with van der Waals surface area (Å²) in [5, 5.41) is 15.2. The summed E-state index contributed by atoms with van der Waals surface area (Å²) in [4.78, 5) is 41.8. The van der Waals surface area contributed by atoms with Crippen LogP contribution in [-0.2, 0) is 19.1 Å². The van der Waals surface area contributed by atoms with Crippen molar-refractivity contribution in [1.29, 1.82) is 0 Å². The summed E-state index contributed by atoms with van der Waals surface area (Å²) in [6, 6.07) is 6.05. The molecule has 3 heterocycles. The largest absolute Gasteiger partial charge is 0.396 e. The Hall–Kier alpha value is -2.16. The number of nitrogens with one attached hydrogen (secondary N) is 2. The molecular formula is C23H30ClN3O5. The Balaban J connectivity index is 1.74. The van der Waals surface area contributed by atoms with Gasteiger partial charge in [-0.2, -0.15) is 0 Å². The van der Waals surface area contributed by atoms with Crippen LogP contribution < -0.4 is 10.6 Å². The number of hydrogen-bond donors (Lipinski definition) is 3. The Kier molecular flexibility index (Phi) is 6.22. The van der Waals surface area contributed by atoms with Gasteiger partial charge in [0.15, 0.2) is 0 Å². The van der Waals surface area contributed by atoms with Crippen molar-refractivity contribution in [2.75, 3.05) is 25.5 Å². The minimum Gasteiger partial charge on any atom is -0.396 e. The highest BCUT2D eigenvalue weighted by molar-refractivity contribution is 6.33. The van der Waals surface area contributed by atoms with Crippen LogP contribution in [0.5, 0.6) is 0 Å². The maximum atomic E-state index is 13.7. The summed E-state index contributed by atoms with van der Waals surface area (Å²) in [6.45, 7) is 2.27. The lowest BCUT2D eigenvalue weighted by Crippen LogP contribution is -2.53. The number of anilines is 1. The topological polar surface area (TPSA) is 108 Å². The Morgan fingerprint density at radius 3 is 2.66 bits per heavy atom. The van der Waals surface area contributed by atoms with Gasteiger partial charge in [-0.05, 0) is 44.2 Å². The first-order valence-corrected chi connectivity index (χ1v) is 11.6. The van der Waals surface area contributed by atoms with E-state index in [1.165, 1.54) is 0 Å². The third-order valence-electron chi connectivity index (χ3n) is 7.40. The summed E-state index contributed by atoms with van der Waals surface area (Å²) in [6.07, 6.45) is 2.79. The Bertz CT molecular complexity index is 927. The van der Waals surface area contributed by atoms with Crippen LogP contribution in [0.25, 0.3) is 0 Å². The number of ether oxygens (including phenoxy) is 1. The number of aliphatic hydroxyl groups excluding tert-OH is 1. The zero-order chi connectivity index (χ0) is 23.1. The maximum absolute atomic E-state index is 13.7. The molecule has 3 amide bonds. The second kappa shape index (κ2) is 8.65. The quantitative estimate of drug-likeness (QED) is 0.511. The first kappa shape index (κ1) is 23.0. The van der Waals surface area contributed by atoms with Crippen molar-refractivity contribution in [2.45, 2.75) is 56.3 Å². The van der Waals surface area contributed by atoms with Gasteiger partial charge in [0.1, 0.15) is 11.6 Å². The molecule has 3 fully saturated rings. The van der Waals surface area contributed by atoms with E-state index in [2.05, 4.69) is 10.6 Å². The lowest BCUT2D eigenvalue weighted by Gasteiger charge is -2.33. The second-order valence-corrected chi connectivity index (χ2v) is 9.29. The number of carbonyl (C=O) groups is 3. The molecule has 0 aliphatic carbocycles. The number of fused-ring (bicyclic) bond motifs is 1. The Morgan fingerprint density at radius 2 is 2.00 bits per heavy atom. The van der Waals surface area contributed by atoms with E-state index in [0.717, 1.165) is 0 Å². The summed E-state index contributed by atoms with van der Waals surface area (Å²) in [5.74, 6) is -2.19. The van der Waals surface area contributed by atoms with Crippen molar-refractivity contribution in [2.24, 2.45) is 11.8 Å². The Labute approximate surface area is 192 Å². The molecule has 2 unspecified atom stereocenters. The van der Waals surface area contributed by atoms with Crippen molar-refractivity contribution in [1.82, 2.24) is 10.2 Å². The molecule has 32 heavy (non-hydrogen) atoms. The third kappa shape index (κ3) is 3.31. The Morgan fingerprint density at radius 1 is 1.25 bits per heavy atom. The smallest absolute Gasteiger partial charge is 0.250 e. The van der Waals surface area contributed by atoms with Gasteiger partial charge < -0.3 is 25.4 Å². The molecule has 3 aliphatic heterocycles. The van der Waals surface area contributed by atoms with E-state index in [0.29, 0.717) is 49.4 Å². The fourth-order valence-electron chi connectivity index (χ4n) is 5.97. The molecule has 3 saturated heterocycles. The third-order valence-corrected chi connectivity index (χ3v) is 7.73. The highest BCUT2D eigenvalue weighted by atomic mass is 35.5. The molecular weight excluding hydrogens is 434 g/mol. The van der Waals surface area contributed by atoms with Gasteiger partial charge >= 0.3 is 0 Å². The zero-order valence-corrected chi connectivity index (χ0v) is 19.2. The number of unbranched alkanes of at least 4 members (excludes halogenated alkanes) is 1. The molecule has 3 N–H and O–H groups in total. The highest BCUT2D eigenvalue weighted by Gasteiger charge is 2.78. The maximum Gasteiger partial charge on any atom is 0.250 e. The minimum absolute atomic E-state index is 0.00337. The van der Waals surface area contributed by atoms with Gasteiger partial charge in [-0.3, -0.25) is 14.4 Å². The lowest BCUT2D eigenvalue weighted by molar-refractivity contribution is -0.145. The van der Waals surface area contributed by atoms with E-state index in [9.17, 15) is 19.5 Å². The number of halogens is 1. The van der Waals surface area contributed by atoms with Gasteiger partial charge in [0.2, 0.25) is 17.7 Å². The second-order valence-electron chi connectivity index (χ2n) is 8.88. The van der Waals surface area contributed by atoms with Crippen LogP contribution in [0.15, 0.2) is 24.3 Å². The summed E-state index contributed by atoms with van der Waals surface area (Å²) in [7, 11) is 1.56. The fraction of sp³-hybridized carbons (Fsp3) is 0.609. The number of para-hydroxylation sites is 1. The zero-order valence-electron chi connectivity index (χ0n) is 18.4. The fourth-order valence-corrected chi connectivity index (χ4v) is 6.15. The monoisotopic (exact) mass is 463 g/mol. The summed E-state index contributed by atoms with van der Waals surface area (Å²) in [5.41, 5.74) is -1.35. The summed E-state index contributed by atoms with van der Waals surface area (Å²) >= 11 is 6.25. The average Bonchev–Trinajstić information content (AvgIpc) is 3.39. The minimum atomic E-state index is -1.06. The van der Waals surface area contributed by atoms with Crippen LogP contribution in [0, 0.1) is 11.8 Å². The van der Waals surface area contributed by atoms with E-state index in [-0.39, 0.29) is 24.3 Å². The van der Waals surface area contributed by atoms with Crippen LogP contribution in [0.4, 0.5) is 5.69 Å². The van der Waals surface area contributed by atoms with E-state index in [1.807, 2.05) is 6.92 Å². The molecule has 174 valence electrons. The first-order valence-electron chi connectivity index (χ1n) is 11.2. The SMILES string of the molecule is CC[C@]12CCC3(O1)C(C(=O)Nc1ccccc1Cl)N(CCCCO)C(=O)[C@@H]3[C@H]2C(=O)NC. The summed E-state index contributed by atoms with van der Waals surface area (Å²) < 4.78 is 6.60. The van der Waals surface area contributed by atoms with Crippen LogP contribution in [0.2, 0.25) is 5.02 Å². The molecule has 1 aromatic rings. The van der Waals surface area contributed by atoms with Gasteiger partial charge in [0.05, 0.1) is 28.1 Å². The van der Waals surface area contributed by atoms with E-state index in [4.69, 9.17) is 16.3 Å². The lowest BCUT2D eigenvalue weighted by atomic mass is 9.65. The number of carbonyl (C=O) groups excluding carboxylic acids is 3. The average molecular weight is 464 g/mol. The number of amides is 3. The van der Waals surface area contributed by atoms with Crippen molar-refractivity contribution in [3.05, 3.63) is 29.3 Å². The van der Waals surface area contributed by atoms with Crippen molar-refractivity contribution in [3.8, 4) is 0 Å². The van der Waals surface area contributed by atoms with Crippen molar-refractivity contribution in [3.63, 3.8) is 0 Å². The predicted molar refractivity (Wildman–Crippen MR) is 119 cm³/mol. The van der Waals surface area contributed by atoms with Gasteiger partial charge in [-0.1, -0.05) is 30.7 Å². The van der Waals surface area contributed by atoms with Crippen LogP contribution in [0.3, 0.4) is 0 Å². The molecule has 0 saturated carbocycles. The van der Waals surface area contributed by atoms with E-state index in [1.54, 1.807) is 36.2 Å². The first-order chi connectivity index (χ1) is 15.3. The van der Waals surface area contributed by atoms with Gasteiger partial charge in [-0.25, -0.2) is 0 Å². The number of rotatable bonds is 8. The molecule has 4 rings (SSSR count). The standard InChI is InChI=1S/C23H30ClN3O5/c1-3-22-10-11-23(32-22)17(16(22)19(29)25-2)21(31)27(12-6-7-13-28)18(23)20(30)26-15-9-5-4-8-14(15)24/h4-5,8-9,16-18,28H,3,6-7,10-13H2,1-2H3,(H,25,29)(H,26,30)/t16-,17-,18?,22+,23?/m0/s1. The van der Waals surface area contributed by atoms with Crippen LogP contribution in [-0.4, -0.2) is 65.2 Å². The number of likely N-dealkylation sites (tertiary alicyclic amines) is 1. The molecule has 0 radical (unpaired) electrons. The van der Waals surface area contributed by atoms with Gasteiger partial charge in [-0.15, -0.1) is 0 Å². The molecule has 0 aromatic heterocycles. The van der Waals surface area contributed by atoms with Crippen LogP contribution in [0.1, 0.15) is 39.0 Å². The molecule has 8 nitrogen and oxygen atoms in total. The molecule has 1 aromatic carbocycles. The number of hydrogen-bond acceptors (Lipinski definition) is 5. The van der Waals surface area contributed by atoms with Crippen molar-refractivity contribution >= 4 is 35.0 Å². The normalized spacial score (nSPS) is 32.8. The van der Waals surface area contributed by atoms with Crippen molar-refractivity contribution < 1.29 is 24.2 Å². The van der Waals surface area contributed by atoms with E-state index >= 15 is 0 Å².